The normalized spacial score (nSPS) is 11.5. The molecule has 114 valence electrons. The first-order chi connectivity index (χ1) is 9.78. The number of benzene rings is 2. The summed E-state index contributed by atoms with van der Waals surface area (Å²) in [4.78, 5) is 0. The molecule has 2 aromatic rings. The maximum Gasteiger partial charge on any atom is 0.118 e. The van der Waals surface area contributed by atoms with Gasteiger partial charge in [0, 0.05) is 6.04 Å². The predicted octanol–water partition coefficient (Wildman–Crippen LogP) is 3.88. The maximum absolute atomic E-state index is 5.17. The standard InChI is InChI=1S/C18H23NO.ClH/c1-15(14-17-8-10-18(20-2)11-9-17)19-13-12-16-6-4-3-5-7-16;/h3-11,15,19H,12-14H2,1-2H3;1H. The van der Waals surface area contributed by atoms with Crippen molar-refractivity contribution in [2.45, 2.75) is 25.8 Å². The number of hydrogen-bond donors (Lipinski definition) is 1. The molecule has 2 nitrogen and oxygen atoms in total. The Hall–Kier alpha value is -1.51. The third-order valence-corrected chi connectivity index (χ3v) is 3.45. The van der Waals surface area contributed by atoms with Gasteiger partial charge in [-0.1, -0.05) is 42.5 Å². The molecule has 0 aliphatic rings. The van der Waals surface area contributed by atoms with Crippen LogP contribution in [-0.4, -0.2) is 19.7 Å². The van der Waals surface area contributed by atoms with E-state index in [-0.39, 0.29) is 12.4 Å². The Morgan fingerprint density at radius 2 is 1.62 bits per heavy atom. The summed E-state index contributed by atoms with van der Waals surface area (Å²) in [5, 5.41) is 3.58. The van der Waals surface area contributed by atoms with Gasteiger partial charge in [0.15, 0.2) is 0 Å². The Labute approximate surface area is 133 Å². The van der Waals surface area contributed by atoms with Crippen LogP contribution in [0.2, 0.25) is 0 Å². The van der Waals surface area contributed by atoms with Gasteiger partial charge in [-0.3, -0.25) is 0 Å². The van der Waals surface area contributed by atoms with Gasteiger partial charge in [0.05, 0.1) is 7.11 Å². The highest BCUT2D eigenvalue weighted by Gasteiger charge is 2.03. The van der Waals surface area contributed by atoms with Crippen molar-refractivity contribution in [1.29, 1.82) is 0 Å². The molecule has 2 rings (SSSR count). The zero-order valence-corrected chi connectivity index (χ0v) is 13.5. The minimum Gasteiger partial charge on any atom is -0.497 e. The summed E-state index contributed by atoms with van der Waals surface area (Å²) < 4.78 is 5.17. The highest BCUT2D eigenvalue weighted by Crippen LogP contribution is 2.12. The molecule has 0 aliphatic carbocycles. The first-order valence-corrected chi connectivity index (χ1v) is 7.18. The van der Waals surface area contributed by atoms with Crippen LogP contribution >= 0.6 is 12.4 Å². The fourth-order valence-electron chi connectivity index (χ4n) is 2.29. The lowest BCUT2D eigenvalue weighted by atomic mass is 10.1. The molecule has 2 aromatic carbocycles. The van der Waals surface area contributed by atoms with Crippen molar-refractivity contribution >= 4 is 12.4 Å². The van der Waals surface area contributed by atoms with Gasteiger partial charge in [-0.25, -0.2) is 0 Å². The third kappa shape index (κ3) is 6.19. The van der Waals surface area contributed by atoms with Gasteiger partial charge in [0.2, 0.25) is 0 Å². The van der Waals surface area contributed by atoms with Crippen LogP contribution in [0.1, 0.15) is 18.1 Å². The van der Waals surface area contributed by atoms with Crippen LogP contribution in [0.4, 0.5) is 0 Å². The highest BCUT2D eigenvalue weighted by molar-refractivity contribution is 5.85. The van der Waals surface area contributed by atoms with Crippen LogP contribution in [0.25, 0.3) is 0 Å². The Morgan fingerprint density at radius 3 is 2.24 bits per heavy atom. The Morgan fingerprint density at radius 1 is 0.952 bits per heavy atom. The SMILES string of the molecule is COc1ccc(CC(C)NCCc2ccccc2)cc1.Cl. The molecule has 0 amide bonds. The van der Waals surface area contributed by atoms with E-state index in [0.717, 1.165) is 25.1 Å². The molecule has 0 spiro atoms. The minimum atomic E-state index is 0. The first kappa shape index (κ1) is 17.5. The molecule has 1 unspecified atom stereocenters. The Balaban J connectivity index is 0.00000220. The van der Waals surface area contributed by atoms with Crippen LogP contribution in [0, 0.1) is 0 Å². The number of halogens is 1. The van der Waals surface area contributed by atoms with E-state index in [1.165, 1.54) is 11.1 Å². The summed E-state index contributed by atoms with van der Waals surface area (Å²) in [5.41, 5.74) is 2.72. The molecule has 0 aromatic heterocycles. The molecule has 0 saturated carbocycles. The maximum atomic E-state index is 5.17. The third-order valence-electron chi connectivity index (χ3n) is 3.45. The highest BCUT2D eigenvalue weighted by atomic mass is 35.5. The lowest BCUT2D eigenvalue weighted by Gasteiger charge is -2.14. The van der Waals surface area contributed by atoms with E-state index in [2.05, 4.69) is 54.7 Å². The number of hydrogen-bond acceptors (Lipinski definition) is 2. The van der Waals surface area contributed by atoms with Crippen LogP contribution in [0.5, 0.6) is 5.75 Å². The molecule has 0 fully saturated rings. The zero-order valence-electron chi connectivity index (χ0n) is 12.7. The van der Waals surface area contributed by atoms with E-state index >= 15 is 0 Å². The summed E-state index contributed by atoms with van der Waals surface area (Å²) in [6.45, 7) is 3.25. The second-order valence-corrected chi connectivity index (χ2v) is 5.14. The monoisotopic (exact) mass is 305 g/mol. The number of rotatable bonds is 7. The molecule has 1 atom stereocenters. The first-order valence-electron chi connectivity index (χ1n) is 7.18. The molecule has 0 bridgehead atoms. The molecule has 21 heavy (non-hydrogen) atoms. The summed E-state index contributed by atoms with van der Waals surface area (Å²) in [6.07, 6.45) is 2.12. The van der Waals surface area contributed by atoms with E-state index < -0.39 is 0 Å². The van der Waals surface area contributed by atoms with E-state index in [4.69, 9.17) is 4.74 Å². The summed E-state index contributed by atoms with van der Waals surface area (Å²) in [6, 6.07) is 19.4. The van der Waals surface area contributed by atoms with Crippen molar-refractivity contribution in [3.05, 3.63) is 65.7 Å². The largest absolute Gasteiger partial charge is 0.497 e. The van der Waals surface area contributed by atoms with Gasteiger partial charge in [0.25, 0.3) is 0 Å². The van der Waals surface area contributed by atoms with Crippen LogP contribution < -0.4 is 10.1 Å². The van der Waals surface area contributed by atoms with Crippen LogP contribution in [-0.2, 0) is 12.8 Å². The van der Waals surface area contributed by atoms with Crippen LogP contribution in [0.15, 0.2) is 54.6 Å². The zero-order chi connectivity index (χ0) is 14.2. The van der Waals surface area contributed by atoms with E-state index in [1.54, 1.807) is 7.11 Å². The van der Waals surface area contributed by atoms with Gasteiger partial charge in [-0.05, 0) is 49.6 Å². The summed E-state index contributed by atoms with van der Waals surface area (Å²) in [5.74, 6) is 0.915. The number of nitrogens with one attached hydrogen (secondary N) is 1. The second kappa shape index (κ2) is 9.43. The molecule has 0 aliphatic heterocycles. The summed E-state index contributed by atoms with van der Waals surface area (Å²) >= 11 is 0. The van der Waals surface area contributed by atoms with E-state index in [0.29, 0.717) is 6.04 Å². The Kier molecular flexibility index (Phi) is 7.88. The van der Waals surface area contributed by atoms with E-state index in [9.17, 15) is 0 Å². The number of methoxy groups -OCH3 is 1. The lowest BCUT2D eigenvalue weighted by Crippen LogP contribution is -2.29. The van der Waals surface area contributed by atoms with Crippen molar-refractivity contribution in [3.8, 4) is 5.75 Å². The predicted molar refractivity (Wildman–Crippen MR) is 91.6 cm³/mol. The summed E-state index contributed by atoms with van der Waals surface area (Å²) in [7, 11) is 1.70. The lowest BCUT2D eigenvalue weighted by molar-refractivity contribution is 0.414. The van der Waals surface area contributed by atoms with Gasteiger partial charge < -0.3 is 10.1 Å². The van der Waals surface area contributed by atoms with Crippen molar-refractivity contribution in [3.63, 3.8) is 0 Å². The Bertz CT molecular complexity index is 498. The average Bonchev–Trinajstić information content (AvgIpc) is 2.49. The van der Waals surface area contributed by atoms with E-state index in [1.807, 2.05) is 12.1 Å². The number of ether oxygens (including phenoxy) is 1. The average molecular weight is 306 g/mol. The molecule has 0 heterocycles. The molecular weight excluding hydrogens is 282 g/mol. The smallest absolute Gasteiger partial charge is 0.118 e. The molecular formula is C18H24ClNO. The molecule has 0 saturated heterocycles. The minimum absolute atomic E-state index is 0. The fourth-order valence-corrected chi connectivity index (χ4v) is 2.29. The van der Waals surface area contributed by atoms with Crippen molar-refractivity contribution < 1.29 is 4.74 Å². The van der Waals surface area contributed by atoms with Crippen molar-refractivity contribution in [1.82, 2.24) is 5.32 Å². The topological polar surface area (TPSA) is 21.3 Å². The van der Waals surface area contributed by atoms with Gasteiger partial charge in [-0.15, -0.1) is 12.4 Å². The fraction of sp³-hybridized carbons (Fsp3) is 0.333. The van der Waals surface area contributed by atoms with Crippen molar-refractivity contribution in [2.75, 3.05) is 13.7 Å². The van der Waals surface area contributed by atoms with Gasteiger partial charge >= 0.3 is 0 Å². The molecule has 1 N–H and O–H groups in total. The van der Waals surface area contributed by atoms with Crippen molar-refractivity contribution in [2.24, 2.45) is 0 Å². The second-order valence-electron chi connectivity index (χ2n) is 5.14. The van der Waals surface area contributed by atoms with Crippen LogP contribution in [0.3, 0.4) is 0 Å². The molecule has 3 heteroatoms. The van der Waals surface area contributed by atoms with Gasteiger partial charge in [-0.2, -0.15) is 0 Å². The quantitative estimate of drug-likeness (QED) is 0.838. The molecule has 0 radical (unpaired) electrons. The van der Waals surface area contributed by atoms with Gasteiger partial charge in [0.1, 0.15) is 5.75 Å².